The smallest absolute Gasteiger partial charge is 0.262 e. The Hall–Kier alpha value is -3.69. The minimum atomic E-state index is -0.437. The number of hydrogen-bond donors (Lipinski definition) is 1. The molecule has 3 aromatic rings. The summed E-state index contributed by atoms with van der Waals surface area (Å²) in [4.78, 5) is 12.6. The van der Waals surface area contributed by atoms with Gasteiger partial charge in [-0.25, -0.2) is 0 Å². The van der Waals surface area contributed by atoms with Crippen LogP contribution in [-0.4, -0.2) is 24.7 Å². The number of nitriles is 1. The summed E-state index contributed by atoms with van der Waals surface area (Å²) in [7, 11) is 3.20. The Balaban J connectivity index is 1.86. The van der Waals surface area contributed by atoms with Crippen LogP contribution in [0, 0.1) is 25.2 Å². The maximum absolute atomic E-state index is 12.6. The molecule has 0 fully saturated rings. The standard InChI is InChI=1S/C25H24ClN3O3/c1-16-11-19(17(2)29(16)23-13-21(26)7-10-24(23)32-4)12-20(14-27)25(30)28-15-18-5-8-22(31-3)9-6-18/h5-13H,15H2,1-4H3,(H,28,30)/b20-12-. The Bertz CT molecular complexity index is 1200. The van der Waals surface area contributed by atoms with Gasteiger partial charge in [-0.05, 0) is 67.4 Å². The molecule has 0 spiro atoms. The van der Waals surface area contributed by atoms with Gasteiger partial charge in [0.05, 0.1) is 19.9 Å². The van der Waals surface area contributed by atoms with Crippen LogP contribution < -0.4 is 14.8 Å². The summed E-state index contributed by atoms with van der Waals surface area (Å²) in [5.41, 5.74) is 4.27. The number of rotatable bonds is 7. The zero-order valence-electron chi connectivity index (χ0n) is 18.4. The van der Waals surface area contributed by atoms with E-state index in [0.717, 1.165) is 34.0 Å². The topological polar surface area (TPSA) is 76.3 Å². The van der Waals surface area contributed by atoms with Gasteiger partial charge in [0.15, 0.2) is 0 Å². The molecule has 0 aliphatic rings. The molecule has 0 unspecified atom stereocenters. The number of methoxy groups -OCH3 is 2. The van der Waals surface area contributed by atoms with Crippen LogP contribution in [0.2, 0.25) is 5.02 Å². The predicted molar refractivity (Wildman–Crippen MR) is 125 cm³/mol. The largest absolute Gasteiger partial charge is 0.497 e. The molecule has 1 heterocycles. The SMILES string of the molecule is COc1ccc(CNC(=O)/C(C#N)=C\c2cc(C)n(-c3cc(Cl)ccc3OC)c2C)cc1. The lowest BCUT2D eigenvalue weighted by Gasteiger charge is -2.14. The predicted octanol–water partition coefficient (Wildman–Crippen LogP) is 4.99. The van der Waals surface area contributed by atoms with E-state index in [9.17, 15) is 10.1 Å². The highest BCUT2D eigenvalue weighted by Crippen LogP contribution is 2.31. The second-order valence-electron chi connectivity index (χ2n) is 7.18. The van der Waals surface area contributed by atoms with Gasteiger partial charge in [0.2, 0.25) is 0 Å². The van der Waals surface area contributed by atoms with Crippen molar-refractivity contribution in [3.8, 4) is 23.3 Å². The van der Waals surface area contributed by atoms with Crippen molar-refractivity contribution in [3.63, 3.8) is 0 Å². The number of benzene rings is 2. The van der Waals surface area contributed by atoms with Gasteiger partial charge in [-0.2, -0.15) is 5.26 Å². The van der Waals surface area contributed by atoms with Gasteiger partial charge in [-0.3, -0.25) is 4.79 Å². The number of aryl methyl sites for hydroxylation is 1. The number of hydrogen-bond acceptors (Lipinski definition) is 4. The van der Waals surface area contributed by atoms with Gasteiger partial charge in [0.1, 0.15) is 23.1 Å². The van der Waals surface area contributed by atoms with E-state index in [1.54, 1.807) is 32.4 Å². The minimum absolute atomic E-state index is 0.0248. The van der Waals surface area contributed by atoms with E-state index in [1.807, 2.05) is 60.9 Å². The molecule has 0 saturated heterocycles. The van der Waals surface area contributed by atoms with Crippen LogP contribution in [0.5, 0.6) is 11.5 Å². The number of carbonyl (C=O) groups excluding carboxylic acids is 1. The Morgan fingerprint density at radius 1 is 1.12 bits per heavy atom. The number of aromatic nitrogens is 1. The van der Waals surface area contributed by atoms with E-state index in [0.29, 0.717) is 17.3 Å². The molecule has 0 saturated carbocycles. The summed E-state index contributed by atoms with van der Waals surface area (Å²) in [5.74, 6) is 0.974. The summed E-state index contributed by atoms with van der Waals surface area (Å²) < 4.78 is 12.6. The molecule has 0 aliphatic heterocycles. The second kappa shape index (κ2) is 10.1. The Morgan fingerprint density at radius 3 is 2.47 bits per heavy atom. The highest BCUT2D eigenvalue weighted by Gasteiger charge is 2.16. The number of amides is 1. The van der Waals surface area contributed by atoms with Crippen LogP contribution in [0.1, 0.15) is 22.5 Å². The maximum Gasteiger partial charge on any atom is 0.262 e. The normalized spacial score (nSPS) is 11.1. The van der Waals surface area contributed by atoms with Crippen molar-refractivity contribution in [1.29, 1.82) is 5.26 Å². The van der Waals surface area contributed by atoms with Crippen LogP contribution in [0.25, 0.3) is 11.8 Å². The highest BCUT2D eigenvalue weighted by atomic mass is 35.5. The zero-order valence-corrected chi connectivity index (χ0v) is 19.2. The lowest BCUT2D eigenvalue weighted by molar-refractivity contribution is -0.117. The average Bonchev–Trinajstić information content (AvgIpc) is 3.08. The number of nitrogens with zero attached hydrogens (tertiary/aromatic N) is 2. The number of halogens is 1. The van der Waals surface area contributed by atoms with Crippen LogP contribution >= 0.6 is 11.6 Å². The molecule has 0 aliphatic carbocycles. The first-order valence-corrected chi connectivity index (χ1v) is 10.3. The lowest BCUT2D eigenvalue weighted by atomic mass is 10.1. The van der Waals surface area contributed by atoms with E-state index in [1.165, 1.54) is 0 Å². The summed E-state index contributed by atoms with van der Waals surface area (Å²) in [6.45, 7) is 4.17. The van der Waals surface area contributed by atoms with E-state index in [2.05, 4.69) is 5.32 Å². The summed E-state index contributed by atoms with van der Waals surface area (Å²) >= 11 is 6.20. The van der Waals surface area contributed by atoms with Crippen LogP contribution in [0.3, 0.4) is 0 Å². The van der Waals surface area contributed by atoms with Gasteiger partial charge < -0.3 is 19.4 Å². The lowest BCUT2D eigenvalue weighted by Crippen LogP contribution is -2.23. The molecule has 0 atom stereocenters. The fourth-order valence-corrected chi connectivity index (χ4v) is 3.63. The first-order valence-electron chi connectivity index (χ1n) is 9.93. The molecule has 6 nitrogen and oxygen atoms in total. The van der Waals surface area contributed by atoms with Crippen molar-refractivity contribution in [2.45, 2.75) is 20.4 Å². The highest BCUT2D eigenvalue weighted by molar-refractivity contribution is 6.30. The molecule has 7 heteroatoms. The molecule has 1 N–H and O–H groups in total. The first-order chi connectivity index (χ1) is 15.4. The van der Waals surface area contributed by atoms with Crippen molar-refractivity contribution in [2.75, 3.05) is 14.2 Å². The fourth-order valence-electron chi connectivity index (χ4n) is 3.47. The molecule has 2 aromatic carbocycles. The minimum Gasteiger partial charge on any atom is -0.497 e. The third-order valence-corrected chi connectivity index (χ3v) is 5.36. The second-order valence-corrected chi connectivity index (χ2v) is 7.62. The monoisotopic (exact) mass is 449 g/mol. The molecule has 0 bridgehead atoms. The van der Waals surface area contributed by atoms with E-state index >= 15 is 0 Å². The quantitative estimate of drug-likeness (QED) is 0.407. The van der Waals surface area contributed by atoms with Crippen molar-refractivity contribution in [3.05, 3.63) is 81.6 Å². The third kappa shape index (κ3) is 4.96. The molecular weight excluding hydrogens is 426 g/mol. The van der Waals surface area contributed by atoms with Crippen LogP contribution in [0.15, 0.2) is 54.1 Å². The summed E-state index contributed by atoms with van der Waals surface area (Å²) in [6, 6.07) is 16.7. The van der Waals surface area contributed by atoms with Gasteiger partial charge >= 0.3 is 0 Å². The summed E-state index contributed by atoms with van der Waals surface area (Å²) in [5, 5.41) is 13.0. The van der Waals surface area contributed by atoms with Gasteiger partial charge in [-0.1, -0.05) is 23.7 Å². The van der Waals surface area contributed by atoms with Crippen LogP contribution in [0.4, 0.5) is 0 Å². The third-order valence-electron chi connectivity index (χ3n) is 5.13. The van der Waals surface area contributed by atoms with E-state index in [4.69, 9.17) is 21.1 Å². The number of nitrogens with one attached hydrogen (secondary N) is 1. The van der Waals surface area contributed by atoms with E-state index in [-0.39, 0.29) is 5.57 Å². The van der Waals surface area contributed by atoms with Crippen molar-refractivity contribution >= 4 is 23.6 Å². The molecule has 32 heavy (non-hydrogen) atoms. The van der Waals surface area contributed by atoms with Crippen LogP contribution in [-0.2, 0) is 11.3 Å². The molecule has 1 aromatic heterocycles. The van der Waals surface area contributed by atoms with Crippen molar-refractivity contribution in [2.24, 2.45) is 0 Å². The number of carbonyl (C=O) groups is 1. The Kier molecular flexibility index (Phi) is 7.24. The zero-order chi connectivity index (χ0) is 23.3. The molecule has 1 amide bonds. The summed E-state index contributed by atoms with van der Waals surface area (Å²) in [6.07, 6.45) is 1.60. The Morgan fingerprint density at radius 2 is 1.84 bits per heavy atom. The molecule has 0 radical (unpaired) electrons. The fraction of sp³-hybridized carbons (Fsp3) is 0.200. The average molecular weight is 450 g/mol. The van der Waals surface area contributed by atoms with Crippen molar-refractivity contribution < 1.29 is 14.3 Å². The maximum atomic E-state index is 12.6. The van der Waals surface area contributed by atoms with Gasteiger partial charge in [0.25, 0.3) is 5.91 Å². The molecular formula is C25H24ClN3O3. The van der Waals surface area contributed by atoms with E-state index < -0.39 is 5.91 Å². The molecule has 164 valence electrons. The van der Waals surface area contributed by atoms with Gasteiger partial charge in [0, 0.05) is 23.0 Å². The first kappa shape index (κ1) is 23.0. The molecule has 3 rings (SSSR count). The van der Waals surface area contributed by atoms with Gasteiger partial charge in [-0.15, -0.1) is 0 Å². The Labute approximate surface area is 192 Å². The number of ether oxygens (including phenoxy) is 2. The van der Waals surface area contributed by atoms with Crippen molar-refractivity contribution in [1.82, 2.24) is 9.88 Å².